The monoisotopic (exact) mass is 400 g/mol. The number of hydrogen-bond donors (Lipinski definition) is 1. The highest BCUT2D eigenvalue weighted by Gasteiger charge is 2.04. The summed E-state index contributed by atoms with van der Waals surface area (Å²) >= 11 is 1.08. The Balaban J connectivity index is 3.19. The van der Waals surface area contributed by atoms with Crippen LogP contribution in [0.15, 0.2) is 12.2 Å². The van der Waals surface area contributed by atoms with E-state index in [0.29, 0.717) is 6.61 Å². The molecule has 0 bridgehead atoms. The molecular formula is C22H40O4S. The molecule has 0 aromatic carbocycles. The number of esters is 1. The molecule has 0 radical (unpaired) electrons. The number of hydrogen-bond acceptors (Lipinski definition) is 4. The molecule has 27 heavy (non-hydrogen) atoms. The third kappa shape index (κ3) is 23.0. The van der Waals surface area contributed by atoms with Crippen molar-refractivity contribution in [1.29, 1.82) is 0 Å². The van der Waals surface area contributed by atoms with E-state index in [1.54, 1.807) is 0 Å². The minimum Gasteiger partial charge on any atom is -0.481 e. The third-order valence-corrected chi connectivity index (χ3v) is 5.26. The van der Waals surface area contributed by atoms with E-state index in [9.17, 15) is 9.59 Å². The van der Waals surface area contributed by atoms with Crippen LogP contribution in [-0.2, 0) is 14.3 Å². The molecule has 0 aromatic rings. The first kappa shape index (κ1) is 26.0. The Hall–Kier alpha value is -0.970. The van der Waals surface area contributed by atoms with Crippen LogP contribution in [0.1, 0.15) is 96.8 Å². The van der Waals surface area contributed by atoms with Crippen LogP contribution < -0.4 is 0 Å². The molecular weight excluding hydrogens is 360 g/mol. The lowest BCUT2D eigenvalue weighted by Crippen LogP contribution is -2.10. The maximum atomic E-state index is 11.3. The van der Waals surface area contributed by atoms with Gasteiger partial charge in [-0.1, -0.05) is 76.9 Å². The summed E-state index contributed by atoms with van der Waals surface area (Å²) in [6.07, 6.45) is 22.3. The Morgan fingerprint density at radius 1 is 0.778 bits per heavy atom. The van der Waals surface area contributed by atoms with Gasteiger partial charge in [0.25, 0.3) is 0 Å². The van der Waals surface area contributed by atoms with Crippen molar-refractivity contribution in [2.45, 2.75) is 96.8 Å². The zero-order chi connectivity index (χ0) is 20.0. The van der Waals surface area contributed by atoms with Crippen LogP contribution in [0.2, 0.25) is 0 Å². The van der Waals surface area contributed by atoms with Crippen molar-refractivity contribution in [2.75, 3.05) is 18.1 Å². The van der Waals surface area contributed by atoms with E-state index in [1.807, 2.05) is 0 Å². The van der Waals surface area contributed by atoms with Gasteiger partial charge in [0.2, 0.25) is 0 Å². The zero-order valence-corrected chi connectivity index (χ0v) is 18.1. The van der Waals surface area contributed by atoms with Gasteiger partial charge in [0.15, 0.2) is 0 Å². The number of aliphatic carboxylic acids is 1. The summed E-state index contributed by atoms with van der Waals surface area (Å²) in [6.45, 7) is 2.71. The predicted octanol–water partition coefficient (Wildman–Crippen LogP) is 6.38. The van der Waals surface area contributed by atoms with Gasteiger partial charge in [-0.15, -0.1) is 11.8 Å². The molecule has 1 N–H and O–H groups in total. The minimum atomic E-state index is -0.902. The zero-order valence-electron chi connectivity index (χ0n) is 17.3. The van der Waals surface area contributed by atoms with E-state index in [4.69, 9.17) is 9.84 Å². The number of carbonyl (C=O) groups is 2. The molecule has 0 aliphatic heterocycles. The highest BCUT2D eigenvalue weighted by molar-refractivity contribution is 8.00. The molecule has 5 heteroatoms. The second kappa shape index (κ2) is 21.3. The fourth-order valence-corrected chi connectivity index (χ4v) is 3.33. The van der Waals surface area contributed by atoms with Crippen LogP contribution >= 0.6 is 11.8 Å². The number of rotatable bonds is 20. The standard InChI is InChI=1S/C22H40O4S/c1-2-3-4-5-6-7-8-9-10-11-12-13-14-15-16-17-18-26-22(25)20-27-19-21(23)24/h9-10H,2-8,11-20H2,1H3,(H,23,24)/b10-9-. The first-order chi connectivity index (χ1) is 13.2. The molecule has 0 aliphatic carbocycles. The molecule has 4 nitrogen and oxygen atoms in total. The molecule has 158 valence electrons. The summed E-state index contributed by atoms with van der Waals surface area (Å²) < 4.78 is 5.08. The summed E-state index contributed by atoms with van der Waals surface area (Å²) in [4.78, 5) is 21.7. The lowest BCUT2D eigenvalue weighted by Gasteiger charge is -2.04. The molecule has 0 saturated carbocycles. The van der Waals surface area contributed by atoms with Gasteiger partial charge in [-0.05, 0) is 32.1 Å². The van der Waals surface area contributed by atoms with Crippen molar-refractivity contribution in [2.24, 2.45) is 0 Å². The van der Waals surface area contributed by atoms with Crippen molar-refractivity contribution in [3.05, 3.63) is 12.2 Å². The van der Waals surface area contributed by atoms with E-state index < -0.39 is 5.97 Å². The number of carboxylic acids is 1. The molecule has 0 amide bonds. The Bertz CT molecular complexity index is 383. The van der Waals surface area contributed by atoms with Crippen molar-refractivity contribution in [3.63, 3.8) is 0 Å². The fraction of sp³-hybridized carbons (Fsp3) is 0.818. The molecule has 0 rings (SSSR count). The normalized spacial score (nSPS) is 11.1. The van der Waals surface area contributed by atoms with Gasteiger partial charge < -0.3 is 9.84 Å². The smallest absolute Gasteiger partial charge is 0.315 e. The Morgan fingerprint density at radius 2 is 1.30 bits per heavy atom. The van der Waals surface area contributed by atoms with Gasteiger partial charge in [-0.2, -0.15) is 0 Å². The first-order valence-corrected chi connectivity index (χ1v) is 11.9. The van der Waals surface area contributed by atoms with Gasteiger partial charge in [0.1, 0.15) is 0 Å². The largest absolute Gasteiger partial charge is 0.481 e. The van der Waals surface area contributed by atoms with Gasteiger partial charge in [-0.25, -0.2) is 0 Å². The summed E-state index contributed by atoms with van der Waals surface area (Å²) in [5, 5.41) is 8.48. The van der Waals surface area contributed by atoms with Crippen molar-refractivity contribution in [1.82, 2.24) is 0 Å². The molecule has 0 unspecified atom stereocenters. The van der Waals surface area contributed by atoms with Crippen molar-refractivity contribution >= 4 is 23.7 Å². The number of ether oxygens (including phenoxy) is 1. The molecule has 0 heterocycles. The average molecular weight is 401 g/mol. The van der Waals surface area contributed by atoms with Crippen molar-refractivity contribution < 1.29 is 19.4 Å². The lowest BCUT2D eigenvalue weighted by atomic mass is 10.1. The summed E-state index contributed by atoms with van der Waals surface area (Å²) in [6, 6.07) is 0. The number of unbranched alkanes of at least 4 members (excludes halogenated alkanes) is 12. The maximum absolute atomic E-state index is 11.3. The molecule has 0 saturated heterocycles. The van der Waals surface area contributed by atoms with Crippen LogP contribution in [0.25, 0.3) is 0 Å². The topological polar surface area (TPSA) is 63.6 Å². The van der Waals surface area contributed by atoms with E-state index in [2.05, 4.69) is 19.1 Å². The highest BCUT2D eigenvalue weighted by atomic mass is 32.2. The maximum Gasteiger partial charge on any atom is 0.315 e. The van der Waals surface area contributed by atoms with Gasteiger partial charge >= 0.3 is 11.9 Å². The Kier molecular flexibility index (Phi) is 20.6. The lowest BCUT2D eigenvalue weighted by molar-refractivity contribution is -0.140. The van der Waals surface area contributed by atoms with Crippen LogP contribution in [0.4, 0.5) is 0 Å². The van der Waals surface area contributed by atoms with Crippen LogP contribution in [0.3, 0.4) is 0 Å². The summed E-state index contributed by atoms with van der Waals surface area (Å²) in [5.41, 5.74) is 0. The molecule has 0 aromatic heterocycles. The number of allylic oxidation sites excluding steroid dienone is 2. The van der Waals surface area contributed by atoms with Crippen LogP contribution in [0, 0.1) is 0 Å². The van der Waals surface area contributed by atoms with Gasteiger partial charge in [0, 0.05) is 0 Å². The van der Waals surface area contributed by atoms with Crippen LogP contribution in [0.5, 0.6) is 0 Å². The molecule has 0 spiro atoms. The second-order valence-electron chi connectivity index (χ2n) is 7.04. The molecule has 0 atom stereocenters. The summed E-state index contributed by atoms with van der Waals surface area (Å²) in [7, 11) is 0. The van der Waals surface area contributed by atoms with Crippen LogP contribution in [-0.4, -0.2) is 35.2 Å². The quantitative estimate of drug-likeness (QED) is 0.146. The average Bonchev–Trinajstić information content (AvgIpc) is 2.64. The number of thioether (sulfide) groups is 1. The third-order valence-electron chi connectivity index (χ3n) is 4.36. The molecule has 0 fully saturated rings. The minimum absolute atomic E-state index is 0.0522. The Morgan fingerprint density at radius 3 is 1.85 bits per heavy atom. The second-order valence-corrected chi connectivity index (χ2v) is 8.03. The number of carboxylic acid groups (broad SMARTS) is 1. The van der Waals surface area contributed by atoms with E-state index in [-0.39, 0.29) is 17.5 Å². The summed E-state index contributed by atoms with van der Waals surface area (Å²) in [5.74, 6) is -1.14. The predicted molar refractivity (Wildman–Crippen MR) is 115 cm³/mol. The fourth-order valence-electron chi connectivity index (χ4n) is 2.80. The van der Waals surface area contributed by atoms with Gasteiger partial charge in [-0.3, -0.25) is 9.59 Å². The van der Waals surface area contributed by atoms with E-state index in [1.165, 1.54) is 77.0 Å². The first-order valence-electron chi connectivity index (χ1n) is 10.8. The van der Waals surface area contributed by atoms with E-state index in [0.717, 1.165) is 24.6 Å². The molecule has 0 aliphatic rings. The Labute approximate surface area is 170 Å². The van der Waals surface area contributed by atoms with E-state index >= 15 is 0 Å². The van der Waals surface area contributed by atoms with Gasteiger partial charge in [0.05, 0.1) is 18.1 Å². The van der Waals surface area contributed by atoms with Crippen molar-refractivity contribution in [3.8, 4) is 0 Å². The highest BCUT2D eigenvalue weighted by Crippen LogP contribution is 2.10. The number of carbonyl (C=O) groups excluding carboxylic acids is 1. The SMILES string of the molecule is CCCCCCCC/C=C\CCCCCCCCOC(=O)CSCC(=O)O.